The van der Waals surface area contributed by atoms with Gasteiger partial charge in [-0.25, -0.2) is 0 Å². The number of hydrogen-bond donors (Lipinski definition) is 4. The van der Waals surface area contributed by atoms with E-state index >= 15 is 0 Å². The van der Waals surface area contributed by atoms with Crippen molar-refractivity contribution in [3.8, 4) is 0 Å². The Morgan fingerprint density at radius 2 is 0.938 bits per heavy atom. The highest BCUT2D eigenvalue weighted by atomic mass is 16.4. The molecule has 0 aromatic heterocycles. The lowest BCUT2D eigenvalue weighted by Gasteiger charge is -2.33. The van der Waals surface area contributed by atoms with Gasteiger partial charge in [0.05, 0.1) is 19.6 Å². The zero-order valence-corrected chi connectivity index (χ0v) is 18.2. The summed E-state index contributed by atoms with van der Waals surface area (Å²) in [5.41, 5.74) is 7.51. The van der Waals surface area contributed by atoms with Gasteiger partial charge in [-0.3, -0.25) is 34.0 Å². The molecule has 5 N–H and O–H groups in total. The molecule has 1 aliphatic heterocycles. The van der Waals surface area contributed by atoms with Crippen LogP contribution in [0.25, 0.3) is 0 Å². The maximum atomic E-state index is 11.3. The number of carbonyl (C=O) groups is 3. The highest BCUT2D eigenvalue weighted by molar-refractivity contribution is 5.69. The molecule has 0 saturated carbocycles. The normalized spacial score (nSPS) is 18.5. The molecule has 2 rings (SSSR count). The van der Waals surface area contributed by atoms with Gasteiger partial charge in [0.1, 0.15) is 0 Å². The molecule has 32 heavy (non-hydrogen) atoms. The monoisotopic (exact) mass is 451 g/mol. The van der Waals surface area contributed by atoms with Crippen molar-refractivity contribution in [1.29, 1.82) is 0 Å². The second kappa shape index (κ2) is 13.0. The van der Waals surface area contributed by atoms with Crippen LogP contribution in [0.2, 0.25) is 0 Å². The Morgan fingerprint density at radius 1 is 0.625 bits per heavy atom. The summed E-state index contributed by atoms with van der Waals surface area (Å²) in [6, 6.07) is 7.55. The van der Waals surface area contributed by atoms with Crippen LogP contribution in [-0.2, 0) is 20.9 Å². The number of anilines is 1. The Balaban J connectivity index is 2.15. The van der Waals surface area contributed by atoms with Gasteiger partial charge in [-0.15, -0.1) is 0 Å². The van der Waals surface area contributed by atoms with Gasteiger partial charge >= 0.3 is 17.9 Å². The smallest absolute Gasteiger partial charge is 0.317 e. The fourth-order valence-electron chi connectivity index (χ4n) is 3.67. The number of rotatable bonds is 8. The van der Waals surface area contributed by atoms with E-state index in [4.69, 9.17) is 5.73 Å². The predicted molar refractivity (Wildman–Crippen MR) is 118 cm³/mol. The van der Waals surface area contributed by atoms with Crippen molar-refractivity contribution in [2.24, 2.45) is 0 Å². The van der Waals surface area contributed by atoms with Crippen molar-refractivity contribution in [3.63, 3.8) is 0 Å². The van der Waals surface area contributed by atoms with E-state index in [0.717, 1.165) is 5.56 Å². The number of benzene rings is 1. The van der Waals surface area contributed by atoms with E-state index in [1.54, 1.807) is 4.90 Å². The van der Waals surface area contributed by atoms with E-state index in [1.165, 1.54) is 0 Å². The Labute approximate surface area is 187 Å². The molecule has 0 unspecified atom stereocenters. The maximum absolute atomic E-state index is 11.3. The molecule has 0 aliphatic carbocycles. The largest absolute Gasteiger partial charge is 0.480 e. The molecular formula is C21H33N5O6. The van der Waals surface area contributed by atoms with Crippen molar-refractivity contribution in [2.45, 2.75) is 6.54 Å². The van der Waals surface area contributed by atoms with Crippen molar-refractivity contribution in [2.75, 3.05) is 77.7 Å². The number of aliphatic carboxylic acids is 3. The molecule has 0 bridgehead atoms. The lowest BCUT2D eigenvalue weighted by molar-refractivity contribution is -0.140. The highest BCUT2D eigenvalue weighted by Gasteiger charge is 2.20. The Morgan fingerprint density at radius 3 is 1.25 bits per heavy atom. The summed E-state index contributed by atoms with van der Waals surface area (Å²) >= 11 is 0. The van der Waals surface area contributed by atoms with E-state index in [0.29, 0.717) is 64.6 Å². The average Bonchev–Trinajstić information content (AvgIpc) is 2.70. The van der Waals surface area contributed by atoms with Gasteiger partial charge in [-0.05, 0) is 17.7 Å². The van der Waals surface area contributed by atoms with Crippen molar-refractivity contribution < 1.29 is 29.7 Å². The van der Waals surface area contributed by atoms with E-state index in [2.05, 4.69) is 4.90 Å². The van der Waals surface area contributed by atoms with Crippen molar-refractivity contribution >= 4 is 23.6 Å². The van der Waals surface area contributed by atoms with Crippen LogP contribution >= 0.6 is 0 Å². The van der Waals surface area contributed by atoms with E-state index in [1.807, 2.05) is 34.1 Å². The molecular weight excluding hydrogens is 418 g/mol. The molecule has 11 heteroatoms. The first kappa shape index (κ1) is 25.5. The van der Waals surface area contributed by atoms with Crippen LogP contribution in [0, 0.1) is 0 Å². The number of nitrogens with zero attached hydrogens (tertiary/aromatic N) is 4. The molecule has 0 radical (unpaired) electrons. The Kier molecular flexibility index (Phi) is 10.3. The van der Waals surface area contributed by atoms with Gasteiger partial charge in [0.2, 0.25) is 0 Å². The molecule has 1 saturated heterocycles. The van der Waals surface area contributed by atoms with Crippen molar-refractivity contribution in [1.82, 2.24) is 19.6 Å². The minimum absolute atomic E-state index is 0.123. The summed E-state index contributed by atoms with van der Waals surface area (Å²) in [6.07, 6.45) is 0. The topological polar surface area (TPSA) is 151 Å². The first-order valence-corrected chi connectivity index (χ1v) is 10.6. The fourth-order valence-corrected chi connectivity index (χ4v) is 3.67. The van der Waals surface area contributed by atoms with E-state index in [-0.39, 0.29) is 19.6 Å². The van der Waals surface area contributed by atoms with Gasteiger partial charge in [0, 0.05) is 64.6 Å². The lowest BCUT2D eigenvalue weighted by atomic mass is 10.2. The molecule has 178 valence electrons. The Bertz CT molecular complexity index is 728. The summed E-state index contributed by atoms with van der Waals surface area (Å²) in [6.45, 7) is 4.00. The molecule has 0 spiro atoms. The summed E-state index contributed by atoms with van der Waals surface area (Å²) in [5, 5.41) is 27.7. The predicted octanol–water partition coefficient (Wildman–Crippen LogP) is -0.756. The van der Waals surface area contributed by atoms with Crippen molar-refractivity contribution in [3.05, 3.63) is 29.8 Å². The summed E-state index contributed by atoms with van der Waals surface area (Å²) in [4.78, 5) is 41.4. The minimum Gasteiger partial charge on any atom is -0.480 e. The molecule has 1 fully saturated rings. The zero-order valence-electron chi connectivity index (χ0n) is 18.2. The highest BCUT2D eigenvalue weighted by Crippen LogP contribution is 2.10. The van der Waals surface area contributed by atoms with Crippen LogP contribution in [0.3, 0.4) is 0 Å². The van der Waals surface area contributed by atoms with Gasteiger partial charge < -0.3 is 21.1 Å². The van der Waals surface area contributed by atoms with Gasteiger partial charge in [-0.1, -0.05) is 12.1 Å². The summed E-state index contributed by atoms with van der Waals surface area (Å²) in [7, 11) is 0. The average molecular weight is 452 g/mol. The van der Waals surface area contributed by atoms with Crippen LogP contribution in [0.4, 0.5) is 5.69 Å². The van der Waals surface area contributed by atoms with E-state index < -0.39 is 17.9 Å². The van der Waals surface area contributed by atoms with Crippen LogP contribution in [0.5, 0.6) is 0 Å². The van der Waals surface area contributed by atoms with Crippen LogP contribution in [-0.4, -0.2) is 125 Å². The molecule has 1 heterocycles. The maximum Gasteiger partial charge on any atom is 0.317 e. The number of hydrogen-bond acceptors (Lipinski definition) is 8. The first-order chi connectivity index (χ1) is 15.2. The number of nitrogens with two attached hydrogens (primary N) is 1. The number of nitrogen functional groups attached to an aromatic ring is 1. The number of carboxylic acid groups (broad SMARTS) is 3. The number of carboxylic acids is 3. The third-order valence-electron chi connectivity index (χ3n) is 5.39. The third-order valence-corrected chi connectivity index (χ3v) is 5.39. The van der Waals surface area contributed by atoms with E-state index in [9.17, 15) is 29.7 Å². The molecule has 0 amide bonds. The SMILES string of the molecule is Nc1ccc(CN2CCN(CC(=O)O)CCN(CC(=O)O)CCN(CC(=O)O)CC2)cc1. The third kappa shape index (κ3) is 10.1. The van der Waals surface area contributed by atoms with Gasteiger partial charge in [0.25, 0.3) is 0 Å². The molecule has 1 aromatic carbocycles. The first-order valence-electron chi connectivity index (χ1n) is 10.6. The van der Waals surface area contributed by atoms with Crippen LogP contribution in [0.1, 0.15) is 5.56 Å². The second-order valence-corrected chi connectivity index (χ2v) is 8.03. The zero-order chi connectivity index (χ0) is 23.5. The van der Waals surface area contributed by atoms with Gasteiger partial charge in [0.15, 0.2) is 0 Å². The standard InChI is InChI=1S/C21H33N5O6/c22-18-3-1-17(2-4-18)13-23-5-7-24(14-19(27)28)9-11-26(16-21(31)32)12-10-25(8-6-23)15-20(29)30/h1-4H,5-16,22H2,(H,27,28)(H,29,30)(H,31,32). The molecule has 11 nitrogen and oxygen atoms in total. The van der Waals surface area contributed by atoms with Crippen LogP contribution in [0.15, 0.2) is 24.3 Å². The lowest BCUT2D eigenvalue weighted by Crippen LogP contribution is -2.48. The summed E-state index contributed by atoms with van der Waals surface area (Å²) in [5.74, 6) is -2.83. The molecule has 1 aliphatic rings. The summed E-state index contributed by atoms with van der Waals surface area (Å²) < 4.78 is 0. The second-order valence-electron chi connectivity index (χ2n) is 8.03. The molecule has 1 aromatic rings. The van der Waals surface area contributed by atoms with Crippen LogP contribution < -0.4 is 5.73 Å². The Hall–Kier alpha value is -2.73. The van der Waals surface area contributed by atoms with Gasteiger partial charge in [-0.2, -0.15) is 0 Å². The molecule has 0 atom stereocenters. The minimum atomic E-state index is -0.971. The quantitative estimate of drug-likeness (QED) is 0.369. The fraction of sp³-hybridized carbons (Fsp3) is 0.571.